The second-order valence-electron chi connectivity index (χ2n) is 4.93. The Hall–Kier alpha value is -1.56. The van der Waals surface area contributed by atoms with Gasteiger partial charge in [0.15, 0.2) is 0 Å². The van der Waals surface area contributed by atoms with E-state index in [-0.39, 0.29) is 0 Å². The van der Waals surface area contributed by atoms with Gasteiger partial charge in [-0.3, -0.25) is 0 Å². The molecule has 0 saturated carbocycles. The van der Waals surface area contributed by atoms with E-state index >= 15 is 0 Å². The first-order chi connectivity index (χ1) is 8.84. The molecule has 1 radical (unpaired) electrons. The number of aryl methyl sites for hydroxylation is 1. The van der Waals surface area contributed by atoms with Gasteiger partial charge in [0.25, 0.3) is 0 Å². The molecule has 0 fully saturated rings. The van der Waals surface area contributed by atoms with Gasteiger partial charge in [0.1, 0.15) is 0 Å². The zero-order valence-electron chi connectivity index (χ0n) is 11.0. The Balaban J connectivity index is 1.71. The maximum atomic E-state index is 2.37. The summed E-state index contributed by atoms with van der Waals surface area (Å²) in [6.45, 7) is 2.30. The van der Waals surface area contributed by atoms with Gasteiger partial charge in [-0.15, -0.1) is 0 Å². The molecule has 0 aromatic heterocycles. The quantitative estimate of drug-likeness (QED) is 0.670. The molecule has 0 nitrogen and oxygen atoms in total. The molecule has 0 aliphatic carbocycles. The van der Waals surface area contributed by atoms with Gasteiger partial charge in [-0.1, -0.05) is 67.6 Å². The van der Waals surface area contributed by atoms with E-state index in [9.17, 15) is 0 Å². The summed E-state index contributed by atoms with van der Waals surface area (Å²) in [5.74, 6) is 0.649. The Morgan fingerprint density at radius 2 is 1.50 bits per heavy atom. The van der Waals surface area contributed by atoms with Gasteiger partial charge in [-0.05, 0) is 42.7 Å². The van der Waals surface area contributed by atoms with Crippen molar-refractivity contribution in [2.24, 2.45) is 5.92 Å². The summed E-state index contributed by atoms with van der Waals surface area (Å²) < 4.78 is 0. The van der Waals surface area contributed by atoms with E-state index < -0.39 is 0 Å². The standard InChI is InChI=1S/C18H21/c1-16(15-18-12-6-3-7-13-18)9-8-14-17-10-4-2-5-11-17/h2-7,10-13,15-16H,8-9,14H2,1H3. The third-order valence-electron chi connectivity index (χ3n) is 3.24. The molecule has 0 aliphatic rings. The van der Waals surface area contributed by atoms with E-state index in [0.717, 1.165) is 0 Å². The average molecular weight is 237 g/mol. The summed E-state index contributed by atoms with van der Waals surface area (Å²) in [4.78, 5) is 0. The third-order valence-corrected chi connectivity index (χ3v) is 3.24. The van der Waals surface area contributed by atoms with Crippen molar-refractivity contribution < 1.29 is 0 Å². The predicted molar refractivity (Wildman–Crippen MR) is 78.4 cm³/mol. The zero-order valence-corrected chi connectivity index (χ0v) is 11.0. The fraction of sp³-hybridized carbons (Fsp3) is 0.278. The number of benzene rings is 2. The zero-order chi connectivity index (χ0) is 12.6. The second-order valence-corrected chi connectivity index (χ2v) is 4.93. The van der Waals surface area contributed by atoms with Gasteiger partial charge in [0, 0.05) is 0 Å². The molecular formula is C18H21. The van der Waals surface area contributed by atoms with Crippen LogP contribution in [-0.2, 0) is 6.42 Å². The van der Waals surface area contributed by atoms with E-state index in [1.807, 2.05) is 0 Å². The molecule has 0 aliphatic heterocycles. The van der Waals surface area contributed by atoms with Crippen LogP contribution >= 0.6 is 0 Å². The van der Waals surface area contributed by atoms with Crippen LogP contribution < -0.4 is 0 Å². The normalized spacial score (nSPS) is 12.3. The minimum absolute atomic E-state index is 0.649. The van der Waals surface area contributed by atoms with Crippen molar-refractivity contribution in [3.05, 3.63) is 78.2 Å². The number of hydrogen-bond donors (Lipinski definition) is 0. The molecule has 0 heteroatoms. The van der Waals surface area contributed by atoms with Crippen LogP contribution in [0.5, 0.6) is 0 Å². The first-order valence-corrected chi connectivity index (χ1v) is 6.78. The molecule has 18 heavy (non-hydrogen) atoms. The highest BCUT2D eigenvalue weighted by atomic mass is 14.1. The van der Waals surface area contributed by atoms with Gasteiger partial charge >= 0.3 is 0 Å². The molecule has 93 valence electrons. The lowest BCUT2D eigenvalue weighted by atomic mass is 9.95. The number of rotatable bonds is 6. The van der Waals surface area contributed by atoms with Crippen molar-refractivity contribution in [3.63, 3.8) is 0 Å². The Kier molecular flexibility index (Phi) is 5.01. The summed E-state index contributed by atoms with van der Waals surface area (Å²) in [5.41, 5.74) is 2.79. The van der Waals surface area contributed by atoms with Crippen LogP contribution in [0.4, 0.5) is 0 Å². The second kappa shape index (κ2) is 7.00. The van der Waals surface area contributed by atoms with Crippen LogP contribution in [0.1, 0.15) is 30.9 Å². The van der Waals surface area contributed by atoms with Crippen molar-refractivity contribution in [2.75, 3.05) is 0 Å². The van der Waals surface area contributed by atoms with Gasteiger partial charge in [-0.25, -0.2) is 0 Å². The summed E-state index contributed by atoms with van der Waals surface area (Å²) >= 11 is 0. The molecule has 0 spiro atoms. The van der Waals surface area contributed by atoms with E-state index in [2.05, 4.69) is 74.0 Å². The van der Waals surface area contributed by atoms with Crippen LogP contribution in [0, 0.1) is 12.3 Å². The lowest BCUT2D eigenvalue weighted by Crippen LogP contribution is -1.98. The summed E-state index contributed by atoms with van der Waals surface area (Å²) in [5, 5.41) is 0. The van der Waals surface area contributed by atoms with Crippen molar-refractivity contribution in [1.29, 1.82) is 0 Å². The van der Waals surface area contributed by atoms with Crippen LogP contribution in [0.25, 0.3) is 0 Å². The molecule has 0 N–H and O–H groups in total. The number of hydrogen-bond acceptors (Lipinski definition) is 0. The molecular weight excluding hydrogens is 216 g/mol. The van der Waals surface area contributed by atoms with Crippen molar-refractivity contribution >= 4 is 0 Å². The van der Waals surface area contributed by atoms with E-state index in [0.29, 0.717) is 5.92 Å². The van der Waals surface area contributed by atoms with Gasteiger partial charge in [0.2, 0.25) is 0 Å². The molecule has 1 unspecified atom stereocenters. The Morgan fingerprint density at radius 3 is 2.17 bits per heavy atom. The monoisotopic (exact) mass is 237 g/mol. The fourth-order valence-corrected chi connectivity index (χ4v) is 2.25. The molecule has 0 bridgehead atoms. The molecule has 0 heterocycles. The minimum Gasteiger partial charge on any atom is -0.0622 e. The van der Waals surface area contributed by atoms with Gasteiger partial charge in [0.05, 0.1) is 0 Å². The summed E-state index contributed by atoms with van der Waals surface area (Å²) in [6, 6.07) is 21.4. The molecule has 2 rings (SSSR count). The third kappa shape index (κ3) is 4.37. The van der Waals surface area contributed by atoms with Crippen molar-refractivity contribution in [2.45, 2.75) is 26.2 Å². The van der Waals surface area contributed by atoms with Crippen molar-refractivity contribution in [1.82, 2.24) is 0 Å². The molecule has 0 amide bonds. The Morgan fingerprint density at radius 1 is 0.889 bits per heavy atom. The van der Waals surface area contributed by atoms with Crippen LogP contribution in [0.15, 0.2) is 60.7 Å². The van der Waals surface area contributed by atoms with Crippen LogP contribution in [0.3, 0.4) is 0 Å². The first-order valence-electron chi connectivity index (χ1n) is 6.78. The summed E-state index contributed by atoms with van der Waals surface area (Å²) in [7, 11) is 0. The lowest BCUT2D eigenvalue weighted by molar-refractivity contribution is 0.580. The minimum atomic E-state index is 0.649. The average Bonchev–Trinajstić information content (AvgIpc) is 2.41. The highest BCUT2D eigenvalue weighted by Crippen LogP contribution is 2.17. The van der Waals surface area contributed by atoms with Crippen molar-refractivity contribution in [3.8, 4) is 0 Å². The highest BCUT2D eigenvalue weighted by Gasteiger charge is 2.04. The lowest BCUT2D eigenvalue weighted by Gasteiger charge is -2.10. The van der Waals surface area contributed by atoms with E-state index in [1.165, 1.54) is 30.4 Å². The van der Waals surface area contributed by atoms with Gasteiger partial charge < -0.3 is 0 Å². The van der Waals surface area contributed by atoms with E-state index in [1.54, 1.807) is 0 Å². The predicted octanol–water partition coefficient (Wildman–Crippen LogP) is 4.90. The van der Waals surface area contributed by atoms with Crippen LogP contribution in [-0.4, -0.2) is 0 Å². The molecule has 2 aromatic carbocycles. The largest absolute Gasteiger partial charge is 0.0622 e. The van der Waals surface area contributed by atoms with Gasteiger partial charge in [-0.2, -0.15) is 0 Å². The maximum absolute atomic E-state index is 2.37. The summed E-state index contributed by atoms with van der Waals surface area (Å²) in [6.07, 6.45) is 6.07. The Bertz CT molecular complexity index is 430. The topological polar surface area (TPSA) is 0 Å². The highest BCUT2D eigenvalue weighted by molar-refractivity contribution is 5.23. The fourth-order valence-electron chi connectivity index (χ4n) is 2.25. The first kappa shape index (κ1) is 12.9. The van der Waals surface area contributed by atoms with E-state index in [4.69, 9.17) is 0 Å². The molecule has 2 aromatic rings. The van der Waals surface area contributed by atoms with Crippen LogP contribution in [0.2, 0.25) is 0 Å². The smallest absolute Gasteiger partial charge is 0.00648 e. The molecule has 1 atom stereocenters. The SMILES string of the molecule is CC([CH]c1ccccc1)CCCc1ccccc1. The maximum Gasteiger partial charge on any atom is -0.00648 e. The molecule has 0 saturated heterocycles. The Labute approximate surface area is 111 Å².